The van der Waals surface area contributed by atoms with E-state index < -0.39 is 21.7 Å². The van der Waals surface area contributed by atoms with Gasteiger partial charge in [0.1, 0.15) is 16.7 Å². The maximum absolute atomic E-state index is 13.1. The molecule has 0 unspecified atom stereocenters. The number of nitrogens with one attached hydrogen (secondary N) is 2. The van der Waals surface area contributed by atoms with E-state index in [0.29, 0.717) is 28.8 Å². The quantitative estimate of drug-likeness (QED) is 0.303. The molecule has 206 valence electrons. The highest BCUT2D eigenvalue weighted by molar-refractivity contribution is 7.92. The van der Waals surface area contributed by atoms with Crippen LogP contribution in [0.5, 0.6) is 5.75 Å². The third-order valence-corrected chi connectivity index (χ3v) is 7.40. The number of ether oxygens (including phenoxy) is 2. The molecule has 0 saturated heterocycles. The summed E-state index contributed by atoms with van der Waals surface area (Å²) >= 11 is 0. The fraction of sp³-hybridized carbons (Fsp3) is 0.370. The molecule has 2 aromatic heterocycles. The number of nitrogens with zero attached hydrogens (tertiary/aromatic N) is 3. The Kier molecular flexibility index (Phi) is 6.98. The molecule has 4 aromatic rings. The second-order valence-corrected chi connectivity index (χ2v) is 12.2. The summed E-state index contributed by atoms with van der Waals surface area (Å²) in [6, 6.07) is 10.4. The number of rotatable bonds is 9. The Bertz CT molecular complexity index is 1620. The van der Waals surface area contributed by atoms with Crippen LogP contribution in [0.4, 0.5) is 10.6 Å². The monoisotopic (exact) mass is 553 g/mol. The maximum Gasteiger partial charge on any atom is 0.407 e. The van der Waals surface area contributed by atoms with Crippen LogP contribution < -0.4 is 14.8 Å². The van der Waals surface area contributed by atoms with E-state index >= 15 is 0 Å². The third kappa shape index (κ3) is 6.51. The molecule has 1 aliphatic rings. The zero-order valence-corrected chi connectivity index (χ0v) is 23.0. The second kappa shape index (κ2) is 10.3. The molecule has 0 atom stereocenters. The molecular formula is C27H31N5O6S. The lowest BCUT2D eigenvalue weighted by Crippen LogP contribution is -2.32. The number of benzene rings is 2. The molecule has 12 heteroatoms. The van der Waals surface area contributed by atoms with Crippen molar-refractivity contribution in [2.75, 3.05) is 4.72 Å². The van der Waals surface area contributed by atoms with E-state index in [1.807, 2.05) is 12.3 Å². The number of fused-ring (bicyclic) bond motifs is 1. The zero-order valence-electron chi connectivity index (χ0n) is 22.2. The molecule has 39 heavy (non-hydrogen) atoms. The second-order valence-electron chi connectivity index (χ2n) is 10.6. The predicted octanol–water partition coefficient (Wildman–Crippen LogP) is 4.75. The van der Waals surface area contributed by atoms with Gasteiger partial charge >= 0.3 is 6.09 Å². The molecular weight excluding hydrogens is 522 g/mol. The summed E-state index contributed by atoms with van der Waals surface area (Å²) in [4.78, 5) is 12.1. The van der Waals surface area contributed by atoms with Gasteiger partial charge in [-0.3, -0.25) is 9.40 Å². The number of carbonyl (C=O) groups is 1. The number of anilines is 1. The van der Waals surface area contributed by atoms with Gasteiger partial charge in [-0.15, -0.1) is 0 Å². The van der Waals surface area contributed by atoms with E-state index in [-0.39, 0.29) is 23.4 Å². The summed E-state index contributed by atoms with van der Waals surface area (Å²) in [5.41, 5.74) is 2.08. The SMILES string of the molecule is Cc1ccccc1S(=O)(=O)Nc1noc2cc(Cn3cc(CNC(=O)OC(C)(C)C)cn3)cc(OC3CC3)c12. The van der Waals surface area contributed by atoms with Crippen LogP contribution in [-0.2, 0) is 27.8 Å². The van der Waals surface area contributed by atoms with Crippen LogP contribution in [0.15, 0.2) is 58.2 Å². The van der Waals surface area contributed by atoms with Crippen molar-refractivity contribution >= 4 is 32.9 Å². The highest BCUT2D eigenvalue weighted by Gasteiger charge is 2.28. The fourth-order valence-electron chi connectivity index (χ4n) is 4.01. The van der Waals surface area contributed by atoms with Crippen LogP contribution in [0.2, 0.25) is 0 Å². The van der Waals surface area contributed by atoms with Crippen molar-refractivity contribution in [2.24, 2.45) is 0 Å². The van der Waals surface area contributed by atoms with Gasteiger partial charge in [-0.2, -0.15) is 5.10 Å². The van der Waals surface area contributed by atoms with Crippen molar-refractivity contribution in [3.05, 3.63) is 65.5 Å². The van der Waals surface area contributed by atoms with Gasteiger partial charge < -0.3 is 19.3 Å². The smallest absolute Gasteiger partial charge is 0.407 e. The summed E-state index contributed by atoms with van der Waals surface area (Å²) in [5, 5.41) is 11.6. The zero-order chi connectivity index (χ0) is 27.8. The Morgan fingerprint density at radius 1 is 1.18 bits per heavy atom. The number of sulfonamides is 1. The first-order chi connectivity index (χ1) is 18.5. The normalized spacial score (nSPS) is 13.8. The predicted molar refractivity (Wildman–Crippen MR) is 144 cm³/mol. The van der Waals surface area contributed by atoms with Gasteiger partial charge in [0.2, 0.25) is 0 Å². The van der Waals surface area contributed by atoms with Crippen LogP contribution >= 0.6 is 0 Å². The third-order valence-electron chi connectivity index (χ3n) is 5.90. The number of alkyl carbamates (subject to hydrolysis) is 1. The van der Waals surface area contributed by atoms with Crippen molar-refractivity contribution < 1.29 is 27.2 Å². The minimum absolute atomic E-state index is 0.0643. The van der Waals surface area contributed by atoms with Gasteiger partial charge in [-0.25, -0.2) is 13.2 Å². The lowest BCUT2D eigenvalue weighted by molar-refractivity contribution is 0.0523. The molecule has 0 bridgehead atoms. The Labute approximate surface area is 226 Å². The highest BCUT2D eigenvalue weighted by Crippen LogP contribution is 2.38. The van der Waals surface area contributed by atoms with E-state index in [0.717, 1.165) is 24.0 Å². The van der Waals surface area contributed by atoms with Crippen molar-refractivity contribution in [2.45, 2.75) is 70.2 Å². The first-order valence-electron chi connectivity index (χ1n) is 12.6. The van der Waals surface area contributed by atoms with Gasteiger partial charge in [0.25, 0.3) is 10.0 Å². The maximum atomic E-state index is 13.1. The summed E-state index contributed by atoms with van der Waals surface area (Å²) in [7, 11) is -3.89. The van der Waals surface area contributed by atoms with E-state index in [9.17, 15) is 13.2 Å². The van der Waals surface area contributed by atoms with Crippen molar-refractivity contribution in [1.82, 2.24) is 20.3 Å². The average molecular weight is 554 g/mol. The average Bonchev–Trinajstić information content (AvgIpc) is 3.40. The van der Waals surface area contributed by atoms with Crippen LogP contribution in [-0.4, -0.2) is 41.2 Å². The van der Waals surface area contributed by atoms with Gasteiger partial charge in [0.15, 0.2) is 11.4 Å². The molecule has 0 aliphatic heterocycles. The topological polar surface area (TPSA) is 138 Å². The van der Waals surface area contributed by atoms with Crippen molar-refractivity contribution in [1.29, 1.82) is 0 Å². The number of amides is 1. The largest absolute Gasteiger partial charge is 0.489 e. The van der Waals surface area contributed by atoms with Crippen LogP contribution in [0.3, 0.4) is 0 Å². The molecule has 1 amide bonds. The van der Waals surface area contributed by atoms with Crippen LogP contribution in [0, 0.1) is 6.92 Å². The van der Waals surface area contributed by atoms with Crippen LogP contribution in [0.1, 0.15) is 50.3 Å². The summed E-state index contributed by atoms with van der Waals surface area (Å²) in [5.74, 6) is 0.567. The molecule has 2 N–H and O–H groups in total. The molecule has 1 fully saturated rings. The number of aryl methyl sites for hydroxylation is 1. The Morgan fingerprint density at radius 3 is 2.67 bits per heavy atom. The van der Waals surface area contributed by atoms with Crippen molar-refractivity contribution in [3.8, 4) is 5.75 Å². The molecule has 1 aliphatic carbocycles. The Hall–Kier alpha value is -4.06. The Morgan fingerprint density at radius 2 is 1.95 bits per heavy atom. The molecule has 11 nitrogen and oxygen atoms in total. The van der Waals surface area contributed by atoms with E-state index in [4.69, 9.17) is 14.0 Å². The first-order valence-corrected chi connectivity index (χ1v) is 14.1. The van der Waals surface area contributed by atoms with E-state index in [2.05, 4.69) is 20.3 Å². The summed E-state index contributed by atoms with van der Waals surface area (Å²) < 4.78 is 47.5. The molecule has 0 spiro atoms. The molecule has 2 aromatic carbocycles. The van der Waals surface area contributed by atoms with E-state index in [1.165, 1.54) is 0 Å². The molecule has 0 radical (unpaired) electrons. The van der Waals surface area contributed by atoms with Gasteiger partial charge in [0.05, 0.1) is 23.7 Å². The standard InChI is InChI=1S/C27H31N5O6S/c1-17-7-5-6-8-23(17)39(34,35)31-25-24-21(36-20-9-10-20)11-18(12-22(24)38-30-25)15-32-16-19(14-29-32)13-28-26(33)37-27(2,3)4/h5-8,11-12,14,16,20H,9-10,13,15H2,1-4H3,(H,28,33)(H,30,31). The van der Waals surface area contributed by atoms with Crippen LogP contribution in [0.25, 0.3) is 11.0 Å². The molecule has 5 rings (SSSR count). The Balaban J connectivity index is 1.36. The number of hydrogen-bond donors (Lipinski definition) is 2. The minimum Gasteiger partial charge on any atom is -0.489 e. The van der Waals surface area contributed by atoms with Gasteiger partial charge in [-0.05, 0) is 69.9 Å². The fourth-order valence-corrected chi connectivity index (χ4v) is 5.26. The molecule has 1 saturated carbocycles. The van der Waals surface area contributed by atoms with E-state index in [1.54, 1.807) is 68.9 Å². The first kappa shape index (κ1) is 26.5. The minimum atomic E-state index is -3.89. The number of hydrogen-bond acceptors (Lipinski definition) is 8. The number of aromatic nitrogens is 3. The highest BCUT2D eigenvalue weighted by atomic mass is 32.2. The lowest BCUT2D eigenvalue weighted by atomic mass is 10.1. The lowest BCUT2D eigenvalue weighted by Gasteiger charge is -2.19. The van der Waals surface area contributed by atoms with Gasteiger partial charge in [0, 0.05) is 18.3 Å². The molecule has 2 heterocycles. The number of carbonyl (C=O) groups excluding carboxylic acids is 1. The van der Waals surface area contributed by atoms with Crippen molar-refractivity contribution in [3.63, 3.8) is 0 Å². The van der Waals surface area contributed by atoms with Gasteiger partial charge in [-0.1, -0.05) is 23.4 Å². The summed E-state index contributed by atoms with van der Waals surface area (Å²) in [6.07, 6.45) is 4.91. The summed E-state index contributed by atoms with van der Waals surface area (Å²) in [6.45, 7) is 7.82.